The molecule has 0 unspecified atom stereocenters. The van der Waals surface area contributed by atoms with E-state index in [1.165, 1.54) is 7.11 Å². The number of likely N-dealkylation sites (tertiary alicyclic amines) is 1. The van der Waals surface area contributed by atoms with Crippen molar-refractivity contribution in [1.82, 2.24) is 14.5 Å². The van der Waals surface area contributed by atoms with Gasteiger partial charge in [0.15, 0.2) is 11.3 Å². The summed E-state index contributed by atoms with van der Waals surface area (Å²) in [6.45, 7) is 2.17. The number of piperidine rings is 1. The van der Waals surface area contributed by atoms with Crippen molar-refractivity contribution in [3.8, 4) is 5.75 Å². The molecule has 7 nitrogen and oxygen atoms in total. The number of ether oxygens (including phenoxy) is 1. The van der Waals surface area contributed by atoms with Crippen LogP contribution in [-0.4, -0.2) is 40.6 Å². The lowest BCUT2D eigenvalue weighted by atomic mass is 9.96. The van der Waals surface area contributed by atoms with Gasteiger partial charge in [-0.05, 0) is 30.9 Å². The van der Waals surface area contributed by atoms with Gasteiger partial charge in [0, 0.05) is 37.4 Å². The lowest BCUT2D eigenvalue weighted by Gasteiger charge is -2.32. The van der Waals surface area contributed by atoms with Gasteiger partial charge < -0.3 is 18.6 Å². The molecule has 1 saturated heterocycles. The molecule has 27 heavy (non-hydrogen) atoms. The highest BCUT2D eigenvalue weighted by atomic mass is 16.5. The number of hydrogen-bond acceptors (Lipinski definition) is 5. The summed E-state index contributed by atoms with van der Waals surface area (Å²) in [6.07, 6.45) is 7.33. The number of imidazole rings is 1. The molecule has 4 rings (SSSR count). The third-order valence-corrected chi connectivity index (χ3v) is 5.10. The minimum Gasteiger partial charge on any atom is -0.493 e. The van der Waals surface area contributed by atoms with Gasteiger partial charge in [-0.15, -0.1) is 0 Å². The Hall–Kier alpha value is -3.09. The summed E-state index contributed by atoms with van der Waals surface area (Å²) in [5.41, 5.74) is -0.193. The van der Waals surface area contributed by atoms with E-state index in [0.29, 0.717) is 35.7 Å². The SMILES string of the molecule is COc1cccc2cc(C(=O)N3CCC(Cn4ccnc4)CC3)c(=O)oc12. The molecule has 0 saturated carbocycles. The molecular formula is C20H21N3O4. The first-order valence-corrected chi connectivity index (χ1v) is 9.01. The highest BCUT2D eigenvalue weighted by molar-refractivity contribution is 5.97. The Kier molecular flexibility index (Phi) is 4.66. The summed E-state index contributed by atoms with van der Waals surface area (Å²) in [4.78, 5) is 31.0. The molecule has 0 bridgehead atoms. The molecule has 7 heteroatoms. The average molecular weight is 367 g/mol. The zero-order valence-electron chi connectivity index (χ0n) is 15.1. The van der Waals surface area contributed by atoms with Crippen molar-refractivity contribution in [1.29, 1.82) is 0 Å². The van der Waals surface area contributed by atoms with E-state index in [1.54, 1.807) is 35.4 Å². The van der Waals surface area contributed by atoms with Crippen LogP contribution in [0.3, 0.4) is 0 Å². The van der Waals surface area contributed by atoms with E-state index >= 15 is 0 Å². The number of para-hydroxylation sites is 1. The lowest BCUT2D eigenvalue weighted by molar-refractivity contribution is 0.0679. The van der Waals surface area contributed by atoms with Crippen molar-refractivity contribution in [2.75, 3.05) is 20.2 Å². The Bertz CT molecular complexity index is 1000. The first-order valence-electron chi connectivity index (χ1n) is 9.01. The van der Waals surface area contributed by atoms with Gasteiger partial charge in [0.2, 0.25) is 0 Å². The van der Waals surface area contributed by atoms with Gasteiger partial charge in [-0.2, -0.15) is 0 Å². The van der Waals surface area contributed by atoms with Crippen LogP contribution in [0.15, 0.2) is 52.2 Å². The predicted molar refractivity (Wildman–Crippen MR) is 99.9 cm³/mol. The topological polar surface area (TPSA) is 77.6 Å². The molecule has 0 N–H and O–H groups in total. The number of amides is 1. The van der Waals surface area contributed by atoms with Crippen molar-refractivity contribution in [2.45, 2.75) is 19.4 Å². The minimum atomic E-state index is -0.627. The molecule has 1 aromatic carbocycles. The minimum absolute atomic E-state index is 0.0730. The number of benzene rings is 1. The van der Waals surface area contributed by atoms with Crippen LogP contribution in [0.5, 0.6) is 5.75 Å². The number of nitrogens with zero attached hydrogens (tertiary/aromatic N) is 3. The normalized spacial score (nSPS) is 15.2. The number of fused-ring (bicyclic) bond motifs is 1. The zero-order valence-corrected chi connectivity index (χ0v) is 15.1. The standard InChI is InChI=1S/C20H21N3O4/c1-26-17-4-2-3-15-11-16(20(25)27-18(15)17)19(24)23-8-5-14(6-9-23)12-22-10-7-21-13-22/h2-4,7,10-11,13-14H,5-6,8-9,12H2,1H3. The average Bonchev–Trinajstić information content (AvgIpc) is 3.20. The molecule has 0 aliphatic carbocycles. The van der Waals surface area contributed by atoms with E-state index in [-0.39, 0.29) is 11.5 Å². The molecule has 0 atom stereocenters. The Balaban J connectivity index is 1.50. The molecule has 1 amide bonds. The molecule has 1 fully saturated rings. The Morgan fingerprint density at radius 1 is 1.33 bits per heavy atom. The Morgan fingerprint density at radius 3 is 2.85 bits per heavy atom. The Labute approximate surface area is 156 Å². The fourth-order valence-corrected chi connectivity index (χ4v) is 3.61. The fraction of sp³-hybridized carbons (Fsp3) is 0.350. The third-order valence-electron chi connectivity index (χ3n) is 5.10. The molecule has 2 aromatic heterocycles. The van der Waals surface area contributed by atoms with E-state index in [2.05, 4.69) is 9.55 Å². The highest BCUT2D eigenvalue weighted by Gasteiger charge is 2.26. The molecule has 1 aliphatic heterocycles. The van der Waals surface area contributed by atoms with Crippen LogP contribution in [0.4, 0.5) is 0 Å². The Morgan fingerprint density at radius 2 is 2.15 bits per heavy atom. The van der Waals surface area contributed by atoms with Gasteiger partial charge in [-0.3, -0.25) is 4.79 Å². The second kappa shape index (κ2) is 7.26. The van der Waals surface area contributed by atoms with E-state index in [4.69, 9.17) is 9.15 Å². The maximum absolute atomic E-state index is 12.9. The highest BCUT2D eigenvalue weighted by Crippen LogP contribution is 2.25. The van der Waals surface area contributed by atoms with Crippen molar-refractivity contribution in [3.63, 3.8) is 0 Å². The quantitative estimate of drug-likeness (QED) is 0.662. The van der Waals surface area contributed by atoms with Crippen LogP contribution in [-0.2, 0) is 6.54 Å². The molecular weight excluding hydrogens is 346 g/mol. The predicted octanol–water partition coefficient (Wildman–Crippen LogP) is 2.55. The summed E-state index contributed by atoms with van der Waals surface area (Å²) in [5.74, 6) is 0.707. The van der Waals surface area contributed by atoms with E-state index in [0.717, 1.165) is 19.4 Å². The van der Waals surface area contributed by atoms with Gasteiger partial charge in [-0.1, -0.05) is 12.1 Å². The van der Waals surface area contributed by atoms with E-state index in [1.807, 2.05) is 12.5 Å². The largest absolute Gasteiger partial charge is 0.493 e. The van der Waals surface area contributed by atoms with Gasteiger partial charge in [0.25, 0.3) is 5.91 Å². The van der Waals surface area contributed by atoms with Gasteiger partial charge >= 0.3 is 5.63 Å². The molecule has 3 heterocycles. The van der Waals surface area contributed by atoms with Crippen LogP contribution < -0.4 is 10.4 Å². The number of methoxy groups -OCH3 is 1. The first kappa shape index (κ1) is 17.3. The maximum Gasteiger partial charge on any atom is 0.349 e. The second-order valence-electron chi connectivity index (χ2n) is 6.82. The smallest absolute Gasteiger partial charge is 0.349 e. The van der Waals surface area contributed by atoms with Crippen LogP contribution in [0.25, 0.3) is 11.0 Å². The van der Waals surface area contributed by atoms with Crippen LogP contribution in [0, 0.1) is 5.92 Å². The maximum atomic E-state index is 12.9. The van der Waals surface area contributed by atoms with Crippen molar-refractivity contribution in [3.05, 3.63) is 59.0 Å². The number of hydrogen-bond donors (Lipinski definition) is 0. The van der Waals surface area contributed by atoms with E-state index in [9.17, 15) is 9.59 Å². The number of carbonyl (C=O) groups excluding carboxylic acids is 1. The van der Waals surface area contributed by atoms with E-state index < -0.39 is 5.63 Å². The zero-order chi connectivity index (χ0) is 18.8. The van der Waals surface area contributed by atoms with Gasteiger partial charge in [0.1, 0.15) is 5.56 Å². The summed E-state index contributed by atoms with van der Waals surface area (Å²) >= 11 is 0. The van der Waals surface area contributed by atoms with Crippen LogP contribution in [0.2, 0.25) is 0 Å². The number of aromatic nitrogens is 2. The van der Waals surface area contributed by atoms with Crippen LogP contribution >= 0.6 is 0 Å². The summed E-state index contributed by atoms with van der Waals surface area (Å²) in [7, 11) is 1.52. The number of rotatable bonds is 4. The first-order chi connectivity index (χ1) is 13.2. The summed E-state index contributed by atoms with van der Waals surface area (Å²) < 4.78 is 12.7. The molecule has 140 valence electrons. The number of carbonyl (C=O) groups is 1. The van der Waals surface area contributed by atoms with Gasteiger partial charge in [0.05, 0.1) is 13.4 Å². The molecule has 1 aliphatic rings. The third kappa shape index (κ3) is 3.45. The molecule has 0 spiro atoms. The molecule has 3 aromatic rings. The van der Waals surface area contributed by atoms with Gasteiger partial charge in [-0.25, -0.2) is 9.78 Å². The monoisotopic (exact) mass is 367 g/mol. The second-order valence-corrected chi connectivity index (χ2v) is 6.82. The summed E-state index contributed by atoms with van der Waals surface area (Å²) in [5, 5.41) is 0.673. The van der Waals surface area contributed by atoms with Crippen molar-refractivity contribution >= 4 is 16.9 Å². The van der Waals surface area contributed by atoms with Crippen molar-refractivity contribution < 1.29 is 13.9 Å². The summed E-state index contributed by atoms with van der Waals surface area (Å²) in [6, 6.07) is 6.92. The fourth-order valence-electron chi connectivity index (χ4n) is 3.61. The van der Waals surface area contributed by atoms with Crippen LogP contribution in [0.1, 0.15) is 23.2 Å². The van der Waals surface area contributed by atoms with Crippen molar-refractivity contribution in [2.24, 2.45) is 5.92 Å². The lowest BCUT2D eigenvalue weighted by Crippen LogP contribution is -2.40. The molecule has 0 radical (unpaired) electrons.